The summed E-state index contributed by atoms with van der Waals surface area (Å²) in [6.45, 7) is 15.9. The van der Waals surface area contributed by atoms with E-state index < -0.39 is 18.3 Å². The van der Waals surface area contributed by atoms with Crippen molar-refractivity contribution in [2.75, 3.05) is 14.2 Å². The lowest BCUT2D eigenvalue weighted by Gasteiger charge is -2.32. The minimum Gasteiger partial charge on any atom is -0.469 e. The highest BCUT2D eigenvalue weighted by atomic mass is 16.7. The fourth-order valence-electron chi connectivity index (χ4n) is 2.53. The smallest absolute Gasteiger partial charge is 0.469 e. The summed E-state index contributed by atoms with van der Waals surface area (Å²) < 4.78 is 17.0. The Balaban J connectivity index is 0.00000163. The molecule has 1 fully saturated rings. The molecule has 2 rings (SSSR count). The first-order chi connectivity index (χ1) is 12.1. The van der Waals surface area contributed by atoms with E-state index in [2.05, 4.69) is 6.58 Å². The Morgan fingerprint density at radius 1 is 1.27 bits per heavy atom. The molecule has 2 heterocycles. The van der Waals surface area contributed by atoms with Crippen LogP contribution in [0.1, 0.15) is 48.0 Å². The van der Waals surface area contributed by atoms with Crippen molar-refractivity contribution < 1.29 is 18.8 Å². The van der Waals surface area contributed by atoms with Crippen molar-refractivity contribution in [3.63, 3.8) is 0 Å². The quantitative estimate of drug-likeness (QED) is 0.559. The molecular weight excluding hydrogens is 329 g/mol. The van der Waals surface area contributed by atoms with Gasteiger partial charge in [-0.05, 0) is 50.9 Å². The third kappa shape index (κ3) is 4.68. The SMILES string of the molecule is C=C/C(CC(=O)OC)=C1/C=C(B2OC(C)(C)C(C)(C)O2)C=CN1C.CC. The van der Waals surface area contributed by atoms with E-state index in [1.807, 2.05) is 71.8 Å². The second-order valence-electron chi connectivity index (χ2n) is 7.03. The largest absolute Gasteiger partial charge is 0.494 e. The number of methoxy groups -OCH3 is 1. The van der Waals surface area contributed by atoms with Gasteiger partial charge in [-0.1, -0.05) is 26.5 Å². The van der Waals surface area contributed by atoms with Crippen LogP contribution in [0, 0.1) is 0 Å². The standard InChI is InChI=1S/C18H26BNO4.C2H6/c1-8-13(11-16(21)22-7)15-12-14(9-10-20(15)6)19-23-17(2,3)18(4,5)24-19;1-2/h8-10,12H,1,11H2,2-7H3;1-2H3/b15-13+;. The van der Waals surface area contributed by atoms with Gasteiger partial charge in [0, 0.05) is 18.9 Å². The Kier molecular flexibility index (Phi) is 7.48. The van der Waals surface area contributed by atoms with Gasteiger partial charge in [-0.15, -0.1) is 0 Å². The maximum absolute atomic E-state index is 11.6. The topological polar surface area (TPSA) is 48.0 Å². The zero-order chi connectivity index (χ0) is 20.1. The summed E-state index contributed by atoms with van der Waals surface area (Å²) in [5, 5.41) is 0. The minimum absolute atomic E-state index is 0.167. The Bertz CT molecular complexity index is 616. The molecule has 0 N–H and O–H groups in total. The first-order valence-electron chi connectivity index (χ1n) is 9.02. The number of esters is 1. The summed E-state index contributed by atoms with van der Waals surface area (Å²) in [6, 6.07) is 0. The molecule has 2 aliphatic heterocycles. The fraction of sp³-hybridized carbons (Fsp3) is 0.550. The molecule has 0 aromatic heterocycles. The van der Waals surface area contributed by atoms with E-state index in [9.17, 15) is 4.79 Å². The van der Waals surface area contributed by atoms with Gasteiger partial charge in [0.25, 0.3) is 0 Å². The van der Waals surface area contributed by atoms with Crippen molar-refractivity contribution in [3.05, 3.63) is 47.7 Å². The molecule has 0 atom stereocenters. The average Bonchev–Trinajstić information content (AvgIpc) is 2.82. The molecule has 0 saturated carbocycles. The van der Waals surface area contributed by atoms with Crippen LogP contribution in [0.15, 0.2) is 47.7 Å². The van der Waals surface area contributed by atoms with Gasteiger partial charge in [-0.2, -0.15) is 0 Å². The van der Waals surface area contributed by atoms with E-state index >= 15 is 0 Å². The molecule has 0 amide bonds. The van der Waals surface area contributed by atoms with Crippen LogP contribution in [-0.4, -0.2) is 43.3 Å². The Morgan fingerprint density at radius 2 is 1.81 bits per heavy atom. The van der Waals surface area contributed by atoms with Crippen LogP contribution in [0.5, 0.6) is 0 Å². The number of nitrogens with zero attached hydrogens (tertiary/aromatic N) is 1. The average molecular weight is 361 g/mol. The van der Waals surface area contributed by atoms with Crippen LogP contribution >= 0.6 is 0 Å². The summed E-state index contributed by atoms with van der Waals surface area (Å²) in [6.07, 6.45) is 7.71. The first kappa shape index (κ1) is 22.3. The zero-order valence-electron chi connectivity index (χ0n) is 17.4. The molecule has 5 nitrogen and oxygen atoms in total. The highest BCUT2D eigenvalue weighted by Crippen LogP contribution is 2.39. The van der Waals surface area contributed by atoms with Gasteiger partial charge >= 0.3 is 13.1 Å². The normalized spacial score (nSPS) is 22.2. The maximum atomic E-state index is 11.6. The lowest BCUT2D eigenvalue weighted by atomic mass is 9.76. The molecule has 0 aliphatic carbocycles. The van der Waals surface area contributed by atoms with E-state index in [0.717, 1.165) is 16.7 Å². The molecule has 0 bridgehead atoms. The molecule has 26 heavy (non-hydrogen) atoms. The number of carbonyl (C=O) groups is 1. The molecule has 144 valence electrons. The highest BCUT2D eigenvalue weighted by molar-refractivity contribution is 6.55. The number of ether oxygens (including phenoxy) is 1. The number of rotatable bonds is 4. The molecule has 0 unspecified atom stereocenters. The van der Waals surface area contributed by atoms with Crippen molar-refractivity contribution in [1.82, 2.24) is 4.90 Å². The molecule has 0 radical (unpaired) electrons. The van der Waals surface area contributed by atoms with Crippen molar-refractivity contribution in [2.24, 2.45) is 0 Å². The summed E-state index contributed by atoms with van der Waals surface area (Å²) in [5.41, 5.74) is 1.79. The van der Waals surface area contributed by atoms with Gasteiger partial charge < -0.3 is 18.9 Å². The number of hydrogen-bond acceptors (Lipinski definition) is 5. The number of hydrogen-bond donors (Lipinski definition) is 0. The predicted octanol–water partition coefficient (Wildman–Crippen LogP) is 4.03. The predicted molar refractivity (Wildman–Crippen MR) is 106 cm³/mol. The van der Waals surface area contributed by atoms with Gasteiger partial charge in [0.2, 0.25) is 0 Å². The van der Waals surface area contributed by atoms with Crippen LogP contribution in [-0.2, 0) is 18.8 Å². The molecule has 6 heteroatoms. The van der Waals surface area contributed by atoms with E-state index in [1.165, 1.54) is 7.11 Å². The summed E-state index contributed by atoms with van der Waals surface area (Å²) in [5.74, 6) is -0.300. The molecule has 1 saturated heterocycles. The van der Waals surface area contributed by atoms with Crippen molar-refractivity contribution in [3.8, 4) is 0 Å². The van der Waals surface area contributed by atoms with E-state index in [4.69, 9.17) is 14.0 Å². The lowest BCUT2D eigenvalue weighted by Crippen LogP contribution is -2.41. The van der Waals surface area contributed by atoms with Gasteiger partial charge in [0.05, 0.1) is 24.7 Å². The molecule has 0 spiro atoms. The van der Waals surface area contributed by atoms with Gasteiger partial charge in [0.1, 0.15) is 0 Å². The van der Waals surface area contributed by atoms with Crippen LogP contribution in [0.25, 0.3) is 0 Å². The van der Waals surface area contributed by atoms with Crippen molar-refractivity contribution in [1.29, 1.82) is 0 Å². The van der Waals surface area contributed by atoms with E-state index in [0.29, 0.717) is 0 Å². The summed E-state index contributed by atoms with van der Waals surface area (Å²) in [7, 11) is 2.85. The second kappa shape index (κ2) is 8.74. The van der Waals surface area contributed by atoms with Crippen LogP contribution in [0.4, 0.5) is 0 Å². The molecule has 0 aromatic rings. The Hall–Kier alpha value is -1.79. The van der Waals surface area contributed by atoms with Crippen molar-refractivity contribution in [2.45, 2.75) is 59.2 Å². The van der Waals surface area contributed by atoms with Gasteiger partial charge in [-0.3, -0.25) is 4.79 Å². The Labute approximate surface area is 158 Å². The van der Waals surface area contributed by atoms with E-state index in [-0.39, 0.29) is 12.4 Å². The molecular formula is C20H32BNO4. The van der Waals surface area contributed by atoms with Crippen LogP contribution in [0.3, 0.4) is 0 Å². The number of likely N-dealkylation sites (N-methyl/N-ethyl adjacent to an activating group) is 1. The minimum atomic E-state index is -0.445. The van der Waals surface area contributed by atoms with Gasteiger partial charge in [0.15, 0.2) is 0 Å². The first-order valence-corrected chi connectivity index (χ1v) is 9.02. The molecule has 0 aromatic carbocycles. The van der Waals surface area contributed by atoms with Crippen LogP contribution < -0.4 is 0 Å². The Morgan fingerprint density at radius 3 is 2.27 bits per heavy atom. The monoisotopic (exact) mass is 361 g/mol. The summed E-state index contributed by atoms with van der Waals surface area (Å²) in [4.78, 5) is 13.6. The fourth-order valence-corrected chi connectivity index (χ4v) is 2.53. The van der Waals surface area contributed by atoms with Crippen LogP contribution in [0.2, 0.25) is 0 Å². The summed E-state index contributed by atoms with van der Waals surface area (Å²) >= 11 is 0. The third-order valence-corrected chi connectivity index (χ3v) is 4.84. The highest BCUT2D eigenvalue weighted by Gasteiger charge is 2.52. The third-order valence-electron chi connectivity index (χ3n) is 4.84. The van der Waals surface area contributed by atoms with Gasteiger partial charge in [-0.25, -0.2) is 0 Å². The zero-order valence-corrected chi connectivity index (χ0v) is 17.4. The second-order valence-corrected chi connectivity index (χ2v) is 7.03. The van der Waals surface area contributed by atoms with E-state index in [1.54, 1.807) is 6.08 Å². The molecule has 2 aliphatic rings. The number of allylic oxidation sites excluding steroid dienone is 4. The number of carbonyl (C=O) groups excluding carboxylic acids is 1. The van der Waals surface area contributed by atoms with Crippen molar-refractivity contribution >= 4 is 13.1 Å². The lowest BCUT2D eigenvalue weighted by molar-refractivity contribution is -0.139. The maximum Gasteiger partial charge on any atom is 0.494 e.